The molecule has 0 unspecified atom stereocenters. The highest BCUT2D eigenvalue weighted by Gasteiger charge is 2.21. The lowest BCUT2D eigenvalue weighted by molar-refractivity contribution is -0.115. The van der Waals surface area contributed by atoms with Gasteiger partial charge < -0.3 is 10.6 Å². The smallest absolute Gasteiger partial charge is 0.228 e. The molecule has 1 amide bonds. The average Bonchev–Trinajstić information content (AvgIpc) is 2.81. The Hall–Kier alpha value is -3.14. The molecule has 7 heteroatoms. The molecule has 1 aliphatic heterocycles. The van der Waals surface area contributed by atoms with E-state index in [2.05, 4.69) is 51.7 Å². The number of nitrogens with one attached hydrogen (secondary N) is 2. The van der Waals surface area contributed by atoms with E-state index in [-0.39, 0.29) is 12.3 Å². The first kappa shape index (κ1) is 20.1. The van der Waals surface area contributed by atoms with Crippen LogP contribution >= 0.6 is 11.6 Å². The summed E-state index contributed by atoms with van der Waals surface area (Å²) in [5, 5.41) is 6.68. The van der Waals surface area contributed by atoms with E-state index in [1.54, 1.807) is 18.3 Å². The number of amides is 1. The summed E-state index contributed by atoms with van der Waals surface area (Å²) in [4.78, 5) is 21.3. The van der Waals surface area contributed by atoms with E-state index in [1.165, 1.54) is 0 Å². The molecule has 150 valence electrons. The van der Waals surface area contributed by atoms with Crippen molar-refractivity contribution < 1.29 is 4.79 Å². The van der Waals surface area contributed by atoms with Crippen molar-refractivity contribution in [3.8, 4) is 22.7 Å². The summed E-state index contributed by atoms with van der Waals surface area (Å²) >= 11 is 6.10. The van der Waals surface area contributed by atoms with Crippen molar-refractivity contribution in [2.24, 2.45) is 0 Å². The van der Waals surface area contributed by atoms with Crippen LogP contribution in [0.1, 0.15) is 11.1 Å². The monoisotopic (exact) mass is 432 g/mol. The Kier molecular flexibility index (Phi) is 5.33. The summed E-state index contributed by atoms with van der Waals surface area (Å²) in [7, 11) is -1.40. The van der Waals surface area contributed by atoms with Crippen LogP contribution < -0.4 is 10.6 Å². The van der Waals surface area contributed by atoms with Gasteiger partial charge in [0.25, 0.3) is 0 Å². The Morgan fingerprint density at radius 2 is 1.90 bits per heavy atom. The highest BCUT2D eigenvalue weighted by atomic mass is 35.5. The molecule has 1 aliphatic rings. The maximum atomic E-state index is 12.2. The molecule has 0 aliphatic carbocycles. The lowest BCUT2D eigenvalue weighted by Gasteiger charge is -2.11. The van der Waals surface area contributed by atoms with Gasteiger partial charge in [-0.1, -0.05) is 37.2 Å². The molecular formula is C23H21ClN4OSi. The number of benzene rings is 2. The molecule has 2 N–H and O–H groups in total. The number of rotatable bonds is 2. The van der Waals surface area contributed by atoms with Gasteiger partial charge in [-0.05, 0) is 42.5 Å². The molecule has 4 rings (SSSR count). The molecule has 30 heavy (non-hydrogen) atoms. The van der Waals surface area contributed by atoms with E-state index in [0.29, 0.717) is 16.7 Å². The van der Waals surface area contributed by atoms with Gasteiger partial charge in [-0.25, -0.2) is 9.97 Å². The van der Waals surface area contributed by atoms with Crippen LogP contribution in [0.5, 0.6) is 0 Å². The molecule has 0 fully saturated rings. The summed E-state index contributed by atoms with van der Waals surface area (Å²) in [6, 6.07) is 13.3. The minimum Gasteiger partial charge on any atom is -0.325 e. The Balaban J connectivity index is 1.63. The van der Waals surface area contributed by atoms with Gasteiger partial charge in [-0.2, -0.15) is 0 Å². The van der Waals surface area contributed by atoms with Crippen LogP contribution in [0.4, 0.5) is 17.3 Å². The van der Waals surface area contributed by atoms with Crippen LogP contribution in [0.2, 0.25) is 24.7 Å². The molecule has 5 nitrogen and oxygen atoms in total. The molecule has 3 aromatic rings. The molecule has 1 aromatic heterocycles. The van der Waals surface area contributed by atoms with E-state index >= 15 is 0 Å². The van der Waals surface area contributed by atoms with Gasteiger partial charge in [0.1, 0.15) is 8.07 Å². The van der Waals surface area contributed by atoms with Crippen molar-refractivity contribution in [1.29, 1.82) is 0 Å². The molecule has 0 radical (unpaired) electrons. The Bertz CT molecular complexity index is 1190. The molecule has 0 bridgehead atoms. The first-order valence-electron chi connectivity index (χ1n) is 9.63. The minimum absolute atomic E-state index is 0.114. The number of hydrogen-bond acceptors (Lipinski definition) is 4. The second kappa shape index (κ2) is 7.94. The number of fused-ring (bicyclic) bond motifs is 3. The van der Waals surface area contributed by atoms with Crippen LogP contribution in [-0.4, -0.2) is 23.9 Å². The van der Waals surface area contributed by atoms with Crippen molar-refractivity contribution in [2.45, 2.75) is 26.1 Å². The van der Waals surface area contributed by atoms with Gasteiger partial charge in [0.2, 0.25) is 11.9 Å². The highest BCUT2D eigenvalue weighted by molar-refractivity contribution is 6.83. The Labute approximate surface area is 181 Å². The van der Waals surface area contributed by atoms with Gasteiger partial charge >= 0.3 is 0 Å². The molecular weight excluding hydrogens is 412 g/mol. The fraction of sp³-hybridized carbons (Fsp3) is 0.174. The third kappa shape index (κ3) is 4.70. The Morgan fingerprint density at radius 1 is 1.13 bits per heavy atom. The number of aromatic nitrogens is 2. The van der Waals surface area contributed by atoms with E-state index in [4.69, 9.17) is 11.6 Å². The normalized spacial score (nSPS) is 12.6. The van der Waals surface area contributed by atoms with Gasteiger partial charge in [0, 0.05) is 33.6 Å². The molecule has 0 saturated carbocycles. The molecule has 0 atom stereocenters. The zero-order chi connectivity index (χ0) is 21.3. The third-order valence-corrected chi connectivity index (χ3v) is 5.56. The third-order valence-electron chi connectivity index (χ3n) is 4.45. The van der Waals surface area contributed by atoms with E-state index in [1.807, 2.05) is 30.3 Å². The first-order chi connectivity index (χ1) is 14.3. The number of carbonyl (C=O) groups excluding carboxylic acids is 1. The van der Waals surface area contributed by atoms with E-state index in [9.17, 15) is 4.79 Å². The standard InChI is InChI=1S/C23H21ClN4OSi/c1-30(2,3)11-10-15-4-7-18(8-5-15)26-23-25-14-16-12-21(29)27-20-13-17(24)6-9-19(20)22(16)28-23/h4-9,13-14H,12H2,1-3H3,(H,27,29)(H,25,26,28). The number of nitrogens with zero attached hydrogens (tertiary/aromatic N) is 2. The predicted molar refractivity (Wildman–Crippen MR) is 125 cm³/mol. The average molecular weight is 433 g/mol. The second-order valence-corrected chi connectivity index (χ2v) is 13.4. The second-order valence-electron chi connectivity index (χ2n) is 8.18. The van der Waals surface area contributed by atoms with Gasteiger partial charge in [0.15, 0.2) is 0 Å². The lowest BCUT2D eigenvalue weighted by atomic mass is 10.1. The quantitative estimate of drug-likeness (QED) is 0.428. The molecule has 0 saturated heterocycles. The number of halogens is 1. The summed E-state index contributed by atoms with van der Waals surface area (Å²) in [5.74, 6) is 3.59. The van der Waals surface area contributed by atoms with Crippen molar-refractivity contribution in [3.63, 3.8) is 0 Å². The van der Waals surface area contributed by atoms with Crippen LogP contribution in [0, 0.1) is 11.5 Å². The summed E-state index contributed by atoms with van der Waals surface area (Å²) in [5.41, 5.74) is 8.19. The minimum atomic E-state index is -1.40. The van der Waals surface area contributed by atoms with Crippen molar-refractivity contribution in [1.82, 2.24) is 9.97 Å². The topological polar surface area (TPSA) is 66.9 Å². The highest BCUT2D eigenvalue weighted by Crippen LogP contribution is 2.34. The summed E-state index contributed by atoms with van der Waals surface area (Å²) < 4.78 is 0. The predicted octanol–water partition coefficient (Wildman–Crippen LogP) is 5.26. The molecule has 0 spiro atoms. The van der Waals surface area contributed by atoms with Crippen LogP contribution in [0.15, 0.2) is 48.7 Å². The SMILES string of the molecule is C[Si](C)(C)C#Cc1ccc(Nc2ncc3c(n2)-c2ccc(Cl)cc2NC(=O)C3)cc1. The fourth-order valence-electron chi connectivity index (χ4n) is 3.05. The maximum absolute atomic E-state index is 12.2. The fourth-order valence-corrected chi connectivity index (χ4v) is 3.74. The number of hydrogen-bond donors (Lipinski definition) is 2. The van der Waals surface area contributed by atoms with Crippen LogP contribution in [-0.2, 0) is 11.2 Å². The zero-order valence-corrected chi connectivity index (χ0v) is 18.8. The van der Waals surface area contributed by atoms with Crippen LogP contribution in [0.25, 0.3) is 11.3 Å². The van der Waals surface area contributed by atoms with Gasteiger partial charge in [-0.3, -0.25) is 4.79 Å². The number of carbonyl (C=O) groups is 1. The van der Waals surface area contributed by atoms with Crippen molar-refractivity contribution in [2.75, 3.05) is 10.6 Å². The lowest BCUT2D eigenvalue weighted by Crippen LogP contribution is -2.16. The van der Waals surface area contributed by atoms with Crippen molar-refractivity contribution >= 4 is 42.9 Å². The Morgan fingerprint density at radius 3 is 2.63 bits per heavy atom. The first-order valence-corrected chi connectivity index (χ1v) is 13.5. The summed E-state index contributed by atoms with van der Waals surface area (Å²) in [6.45, 7) is 6.67. The van der Waals surface area contributed by atoms with E-state index < -0.39 is 8.07 Å². The number of anilines is 3. The summed E-state index contributed by atoms with van der Waals surface area (Å²) in [6.07, 6.45) is 1.91. The largest absolute Gasteiger partial charge is 0.325 e. The maximum Gasteiger partial charge on any atom is 0.228 e. The molecule has 2 heterocycles. The van der Waals surface area contributed by atoms with Crippen molar-refractivity contribution in [3.05, 3.63) is 64.8 Å². The molecule has 2 aromatic carbocycles. The van der Waals surface area contributed by atoms with Gasteiger partial charge in [0.05, 0.1) is 17.8 Å². The van der Waals surface area contributed by atoms with Gasteiger partial charge in [-0.15, -0.1) is 5.54 Å². The van der Waals surface area contributed by atoms with Crippen LogP contribution in [0.3, 0.4) is 0 Å². The zero-order valence-electron chi connectivity index (χ0n) is 17.0. The van der Waals surface area contributed by atoms with E-state index in [0.717, 1.165) is 28.1 Å².